The molecule has 2 heterocycles. The van der Waals surface area contributed by atoms with Gasteiger partial charge >= 0.3 is 5.97 Å². The average Bonchev–Trinajstić information content (AvgIpc) is 3.18. The van der Waals surface area contributed by atoms with Crippen molar-refractivity contribution in [2.24, 2.45) is 0 Å². The predicted octanol–water partition coefficient (Wildman–Crippen LogP) is 5.10. The number of anilines is 1. The van der Waals surface area contributed by atoms with Crippen molar-refractivity contribution in [1.82, 2.24) is 9.97 Å². The first-order chi connectivity index (χ1) is 14.6. The van der Waals surface area contributed by atoms with Gasteiger partial charge in [0.05, 0.1) is 23.4 Å². The Morgan fingerprint density at radius 3 is 2.53 bits per heavy atom. The molecule has 0 radical (unpaired) electrons. The van der Waals surface area contributed by atoms with Crippen LogP contribution in [0.3, 0.4) is 0 Å². The number of hydrogen-bond acceptors (Lipinski definition) is 6. The molecule has 0 atom stereocenters. The number of aryl methyl sites for hydroxylation is 1. The molecule has 150 valence electrons. The fourth-order valence-electron chi connectivity index (χ4n) is 3.16. The second kappa shape index (κ2) is 8.42. The highest BCUT2D eigenvalue weighted by Gasteiger charge is 2.22. The van der Waals surface area contributed by atoms with Gasteiger partial charge in [0.25, 0.3) is 5.91 Å². The summed E-state index contributed by atoms with van der Waals surface area (Å²) in [5.74, 6) is -0.764. The summed E-state index contributed by atoms with van der Waals surface area (Å²) in [5, 5.41) is 3.93. The van der Waals surface area contributed by atoms with Crippen molar-refractivity contribution in [3.05, 3.63) is 76.8 Å². The lowest BCUT2D eigenvalue weighted by Crippen LogP contribution is -2.13. The molecule has 7 heteroatoms. The standard InChI is InChI=1S/C23H19N3O3S/c1-3-29-22(28)20-19(15-9-5-4-6-10-15)25-23(30-20)26-21(27)17-13-14(2)24-18-12-8-7-11-16(17)18/h4-13H,3H2,1-2H3,(H,25,26,27). The number of fused-ring (bicyclic) bond motifs is 1. The molecule has 0 aliphatic carbocycles. The van der Waals surface area contributed by atoms with E-state index in [9.17, 15) is 9.59 Å². The van der Waals surface area contributed by atoms with Gasteiger partial charge in [-0.2, -0.15) is 0 Å². The Kier molecular flexibility index (Phi) is 5.54. The van der Waals surface area contributed by atoms with E-state index in [2.05, 4.69) is 15.3 Å². The Labute approximate surface area is 177 Å². The zero-order valence-electron chi connectivity index (χ0n) is 16.5. The van der Waals surface area contributed by atoms with Gasteiger partial charge in [0.15, 0.2) is 5.13 Å². The largest absolute Gasteiger partial charge is 0.462 e. The Morgan fingerprint density at radius 2 is 1.77 bits per heavy atom. The summed E-state index contributed by atoms with van der Waals surface area (Å²) in [4.78, 5) is 34.8. The summed E-state index contributed by atoms with van der Waals surface area (Å²) < 4.78 is 5.18. The number of carbonyl (C=O) groups excluding carboxylic acids is 2. The molecule has 0 unspecified atom stereocenters. The Balaban J connectivity index is 1.72. The third kappa shape index (κ3) is 3.92. The fourth-order valence-corrected chi connectivity index (χ4v) is 4.04. The molecule has 0 spiro atoms. The minimum absolute atomic E-state index is 0.259. The smallest absolute Gasteiger partial charge is 0.350 e. The summed E-state index contributed by atoms with van der Waals surface area (Å²) in [6, 6.07) is 18.6. The third-order valence-electron chi connectivity index (χ3n) is 4.44. The first-order valence-electron chi connectivity index (χ1n) is 9.48. The van der Waals surface area contributed by atoms with Crippen LogP contribution in [0, 0.1) is 6.92 Å². The minimum atomic E-state index is -0.459. The molecule has 0 aliphatic heterocycles. The fraction of sp³-hybridized carbons (Fsp3) is 0.130. The van der Waals surface area contributed by atoms with Crippen molar-refractivity contribution < 1.29 is 14.3 Å². The van der Waals surface area contributed by atoms with Crippen LogP contribution in [-0.2, 0) is 4.74 Å². The van der Waals surface area contributed by atoms with Gasteiger partial charge in [-0.15, -0.1) is 0 Å². The number of pyridine rings is 1. The number of esters is 1. The van der Waals surface area contributed by atoms with Crippen LogP contribution in [0.15, 0.2) is 60.7 Å². The van der Waals surface area contributed by atoms with Gasteiger partial charge in [-0.05, 0) is 26.0 Å². The van der Waals surface area contributed by atoms with Crippen molar-refractivity contribution in [2.75, 3.05) is 11.9 Å². The van der Waals surface area contributed by atoms with Crippen LogP contribution in [0.1, 0.15) is 32.6 Å². The molecule has 0 saturated heterocycles. The molecule has 1 N–H and O–H groups in total. The highest BCUT2D eigenvalue weighted by atomic mass is 32.1. The number of carbonyl (C=O) groups is 2. The molecule has 0 fully saturated rings. The minimum Gasteiger partial charge on any atom is -0.462 e. The van der Waals surface area contributed by atoms with Crippen molar-refractivity contribution in [1.29, 1.82) is 0 Å². The number of amides is 1. The van der Waals surface area contributed by atoms with Gasteiger partial charge < -0.3 is 4.74 Å². The Morgan fingerprint density at radius 1 is 1.03 bits per heavy atom. The molecule has 30 heavy (non-hydrogen) atoms. The van der Waals surface area contributed by atoms with Gasteiger partial charge in [0, 0.05) is 16.6 Å². The molecule has 2 aromatic carbocycles. The molecular weight excluding hydrogens is 398 g/mol. The number of rotatable bonds is 5. The quantitative estimate of drug-likeness (QED) is 0.457. The number of benzene rings is 2. The maximum absolute atomic E-state index is 13.0. The van der Waals surface area contributed by atoms with Gasteiger partial charge in [0.2, 0.25) is 0 Å². The van der Waals surface area contributed by atoms with E-state index in [1.807, 2.05) is 61.5 Å². The lowest BCUT2D eigenvalue weighted by molar-refractivity contribution is 0.0532. The maximum atomic E-state index is 13.0. The zero-order chi connectivity index (χ0) is 21.1. The molecule has 0 bridgehead atoms. The molecule has 4 aromatic rings. The number of thiazole rings is 1. The van der Waals surface area contributed by atoms with E-state index in [0.717, 1.165) is 33.5 Å². The van der Waals surface area contributed by atoms with E-state index in [1.165, 1.54) is 0 Å². The average molecular weight is 417 g/mol. The molecular formula is C23H19N3O3S. The molecule has 4 rings (SSSR count). The van der Waals surface area contributed by atoms with Crippen molar-refractivity contribution >= 4 is 39.2 Å². The van der Waals surface area contributed by atoms with Crippen LogP contribution in [0.2, 0.25) is 0 Å². The highest BCUT2D eigenvalue weighted by Crippen LogP contribution is 2.32. The lowest BCUT2D eigenvalue weighted by atomic mass is 10.1. The van der Waals surface area contributed by atoms with Gasteiger partial charge in [-0.25, -0.2) is 9.78 Å². The van der Waals surface area contributed by atoms with Crippen molar-refractivity contribution in [3.63, 3.8) is 0 Å². The highest BCUT2D eigenvalue weighted by molar-refractivity contribution is 7.18. The van der Waals surface area contributed by atoms with E-state index < -0.39 is 5.97 Å². The number of ether oxygens (including phenoxy) is 1. The maximum Gasteiger partial charge on any atom is 0.350 e. The number of hydrogen-bond donors (Lipinski definition) is 1. The monoisotopic (exact) mass is 417 g/mol. The van der Waals surface area contributed by atoms with Gasteiger partial charge in [-0.1, -0.05) is 59.9 Å². The number of nitrogens with one attached hydrogen (secondary N) is 1. The van der Waals surface area contributed by atoms with Gasteiger partial charge in [-0.3, -0.25) is 15.1 Å². The van der Waals surface area contributed by atoms with E-state index in [1.54, 1.807) is 13.0 Å². The number of aromatic nitrogens is 2. The van der Waals surface area contributed by atoms with Crippen LogP contribution in [0.25, 0.3) is 22.2 Å². The van der Waals surface area contributed by atoms with Gasteiger partial charge in [0.1, 0.15) is 4.88 Å². The molecule has 0 saturated carbocycles. The summed E-state index contributed by atoms with van der Waals surface area (Å²) >= 11 is 1.10. The van der Waals surface area contributed by atoms with Crippen molar-refractivity contribution in [2.45, 2.75) is 13.8 Å². The second-order valence-corrected chi connectivity index (χ2v) is 7.56. The molecule has 1 amide bonds. The van der Waals surface area contributed by atoms with E-state index in [4.69, 9.17) is 4.74 Å². The summed E-state index contributed by atoms with van der Waals surface area (Å²) in [6.45, 7) is 3.86. The Hall–Kier alpha value is -3.58. The first-order valence-corrected chi connectivity index (χ1v) is 10.3. The second-order valence-electron chi connectivity index (χ2n) is 6.57. The Bertz CT molecular complexity index is 1240. The van der Waals surface area contributed by atoms with E-state index in [0.29, 0.717) is 21.3 Å². The van der Waals surface area contributed by atoms with Crippen LogP contribution >= 0.6 is 11.3 Å². The van der Waals surface area contributed by atoms with E-state index in [-0.39, 0.29) is 12.5 Å². The summed E-state index contributed by atoms with van der Waals surface area (Å²) in [6.07, 6.45) is 0. The lowest BCUT2D eigenvalue weighted by Gasteiger charge is -2.07. The molecule has 2 aromatic heterocycles. The SMILES string of the molecule is CCOC(=O)c1sc(NC(=O)c2cc(C)nc3ccccc23)nc1-c1ccccc1. The third-order valence-corrected chi connectivity index (χ3v) is 5.40. The topological polar surface area (TPSA) is 81.2 Å². The zero-order valence-corrected chi connectivity index (χ0v) is 17.3. The van der Waals surface area contributed by atoms with Crippen LogP contribution in [0.5, 0.6) is 0 Å². The number of para-hydroxylation sites is 1. The van der Waals surface area contributed by atoms with Crippen LogP contribution in [0.4, 0.5) is 5.13 Å². The first kappa shape index (κ1) is 19.7. The normalized spacial score (nSPS) is 10.7. The van der Waals surface area contributed by atoms with E-state index >= 15 is 0 Å². The predicted molar refractivity (Wildman–Crippen MR) is 118 cm³/mol. The van der Waals surface area contributed by atoms with Crippen molar-refractivity contribution in [3.8, 4) is 11.3 Å². The molecule has 0 aliphatic rings. The summed E-state index contributed by atoms with van der Waals surface area (Å²) in [5.41, 5.74) is 3.27. The van der Waals surface area contributed by atoms with Crippen LogP contribution < -0.4 is 5.32 Å². The molecule has 6 nitrogen and oxygen atoms in total. The summed E-state index contributed by atoms with van der Waals surface area (Å²) in [7, 11) is 0. The van der Waals surface area contributed by atoms with Crippen LogP contribution in [-0.4, -0.2) is 28.5 Å². The number of nitrogens with zero attached hydrogens (tertiary/aromatic N) is 2.